The zero-order valence-electron chi connectivity index (χ0n) is 12.3. The van der Waals surface area contributed by atoms with Crippen molar-refractivity contribution < 1.29 is 0 Å². The molecule has 1 saturated heterocycles. The quantitative estimate of drug-likeness (QED) is 0.865. The maximum Gasteiger partial charge on any atom is 0.133 e. The number of anilines is 1. The molecule has 2 heterocycles. The van der Waals surface area contributed by atoms with Crippen molar-refractivity contribution >= 4 is 21.7 Å². The molecule has 0 spiro atoms. The number of pyridine rings is 1. The summed E-state index contributed by atoms with van der Waals surface area (Å²) >= 11 is 3.46. The van der Waals surface area contributed by atoms with Crippen molar-refractivity contribution in [3.63, 3.8) is 0 Å². The zero-order chi connectivity index (χ0) is 14.5. The topological polar surface area (TPSA) is 48.6 Å². The van der Waals surface area contributed by atoms with E-state index in [0.29, 0.717) is 6.54 Å². The summed E-state index contributed by atoms with van der Waals surface area (Å²) in [6.45, 7) is 7.01. The van der Waals surface area contributed by atoms with E-state index < -0.39 is 0 Å². The monoisotopic (exact) mass is 341 g/mol. The van der Waals surface area contributed by atoms with Crippen molar-refractivity contribution in [2.45, 2.75) is 6.54 Å². The van der Waals surface area contributed by atoms with Gasteiger partial charge in [-0.3, -0.25) is 4.90 Å². The molecule has 1 aromatic rings. The first kappa shape index (κ1) is 15.7. The van der Waals surface area contributed by atoms with Gasteiger partial charge in [-0.05, 0) is 36.1 Å². The molecule has 0 radical (unpaired) electrons. The van der Waals surface area contributed by atoms with Crippen LogP contribution >= 0.6 is 15.9 Å². The highest BCUT2D eigenvalue weighted by atomic mass is 79.9. The summed E-state index contributed by atoms with van der Waals surface area (Å²) in [5.74, 6) is 1.04. The van der Waals surface area contributed by atoms with E-state index >= 15 is 0 Å². The van der Waals surface area contributed by atoms with E-state index in [1.165, 1.54) is 0 Å². The summed E-state index contributed by atoms with van der Waals surface area (Å²) < 4.78 is 0.992. The van der Waals surface area contributed by atoms with Gasteiger partial charge in [0.15, 0.2) is 0 Å². The molecule has 2 rings (SSSR count). The Labute approximate surface area is 129 Å². The smallest absolute Gasteiger partial charge is 0.133 e. The van der Waals surface area contributed by atoms with Crippen molar-refractivity contribution in [2.75, 3.05) is 58.3 Å². The summed E-state index contributed by atoms with van der Waals surface area (Å²) in [6.07, 6.45) is 1.85. The molecule has 5 nitrogen and oxygen atoms in total. The van der Waals surface area contributed by atoms with E-state index in [2.05, 4.69) is 55.8 Å². The molecule has 0 bridgehead atoms. The lowest BCUT2D eigenvalue weighted by molar-refractivity contribution is 0.229. The third-order valence-corrected chi connectivity index (χ3v) is 4.10. The SMILES string of the molecule is CN(C)CCN1CCN(c2ncc(Br)cc2CN)CC1. The fraction of sp³-hybridized carbons (Fsp3) is 0.643. The first-order valence-electron chi connectivity index (χ1n) is 7.06. The maximum absolute atomic E-state index is 5.83. The summed E-state index contributed by atoms with van der Waals surface area (Å²) in [7, 11) is 4.24. The molecule has 0 aliphatic carbocycles. The Balaban J connectivity index is 1.93. The van der Waals surface area contributed by atoms with E-state index in [1.807, 2.05) is 6.20 Å². The molecule has 1 aromatic heterocycles. The summed E-state index contributed by atoms with van der Waals surface area (Å²) in [6, 6.07) is 2.07. The number of hydrogen-bond donors (Lipinski definition) is 1. The molecule has 0 aromatic carbocycles. The Morgan fingerprint density at radius 3 is 2.60 bits per heavy atom. The third-order valence-electron chi connectivity index (χ3n) is 3.66. The molecule has 6 heteroatoms. The van der Waals surface area contributed by atoms with E-state index in [0.717, 1.165) is 55.1 Å². The van der Waals surface area contributed by atoms with Crippen LogP contribution in [0.5, 0.6) is 0 Å². The number of halogens is 1. The van der Waals surface area contributed by atoms with Crippen LogP contribution in [-0.4, -0.2) is 68.1 Å². The predicted molar refractivity (Wildman–Crippen MR) is 87.0 cm³/mol. The standard InChI is InChI=1S/C14H24BrN5/c1-18(2)3-4-19-5-7-20(8-6-19)14-12(10-16)9-13(15)11-17-14/h9,11H,3-8,10,16H2,1-2H3. The Morgan fingerprint density at radius 1 is 1.30 bits per heavy atom. The highest BCUT2D eigenvalue weighted by molar-refractivity contribution is 9.10. The minimum Gasteiger partial charge on any atom is -0.354 e. The second kappa shape index (κ2) is 7.36. The molecule has 0 atom stereocenters. The number of hydrogen-bond acceptors (Lipinski definition) is 5. The van der Waals surface area contributed by atoms with Gasteiger partial charge in [0.1, 0.15) is 5.82 Å². The van der Waals surface area contributed by atoms with Crippen molar-refractivity contribution in [1.82, 2.24) is 14.8 Å². The number of nitrogens with zero attached hydrogens (tertiary/aromatic N) is 4. The van der Waals surface area contributed by atoms with Crippen LogP contribution in [0.1, 0.15) is 5.56 Å². The minimum atomic E-state index is 0.530. The van der Waals surface area contributed by atoms with Crippen molar-refractivity contribution in [2.24, 2.45) is 5.73 Å². The summed E-state index contributed by atoms with van der Waals surface area (Å²) in [5, 5.41) is 0. The van der Waals surface area contributed by atoms with Crippen molar-refractivity contribution in [3.05, 3.63) is 22.3 Å². The molecule has 0 amide bonds. The number of likely N-dealkylation sites (N-methyl/N-ethyl adjacent to an activating group) is 1. The van der Waals surface area contributed by atoms with Gasteiger partial charge in [0.2, 0.25) is 0 Å². The van der Waals surface area contributed by atoms with Gasteiger partial charge in [0.05, 0.1) is 0 Å². The van der Waals surface area contributed by atoms with Crippen LogP contribution in [0.4, 0.5) is 5.82 Å². The molecular weight excluding hydrogens is 318 g/mol. The van der Waals surface area contributed by atoms with Crippen molar-refractivity contribution in [1.29, 1.82) is 0 Å². The lowest BCUT2D eigenvalue weighted by atomic mass is 10.2. The molecule has 1 fully saturated rings. The van der Waals surface area contributed by atoms with Gasteiger partial charge in [0, 0.05) is 62.0 Å². The van der Waals surface area contributed by atoms with Gasteiger partial charge in [-0.1, -0.05) is 0 Å². The molecule has 0 unspecified atom stereocenters. The molecule has 1 aliphatic rings. The fourth-order valence-electron chi connectivity index (χ4n) is 2.43. The van der Waals surface area contributed by atoms with Crippen LogP contribution in [0.15, 0.2) is 16.7 Å². The maximum atomic E-state index is 5.83. The lowest BCUT2D eigenvalue weighted by Crippen LogP contribution is -2.48. The Morgan fingerprint density at radius 2 is 2.00 bits per heavy atom. The van der Waals surface area contributed by atoms with E-state index in [9.17, 15) is 0 Å². The minimum absolute atomic E-state index is 0.530. The van der Waals surface area contributed by atoms with Gasteiger partial charge < -0.3 is 15.5 Å². The number of aromatic nitrogens is 1. The number of piperazine rings is 1. The second-order valence-electron chi connectivity index (χ2n) is 5.47. The normalized spacial score (nSPS) is 16.9. The summed E-state index contributed by atoms with van der Waals surface area (Å²) in [4.78, 5) is 11.6. The zero-order valence-corrected chi connectivity index (χ0v) is 13.9. The van der Waals surface area contributed by atoms with Crippen LogP contribution in [0.25, 0.3) is 0 Å². The predicted octanol–water partition coefficient (Wildman–Crippen LogP) is 0.986. The molecular formula is C14H24BrN5. The lowest BCUT2D eigenvalue weighted by Gasteiger charge is -2.36. The Hall–Kier alpha value is -0.690. The van der Waals surface area contributed by atoms with Crippen molar-refractivity contribution in [3.8, 4) is 0 Å². The molecule has 20 heavy (non-hydrogen) atoms. The fourth-order valence-corrected chi connectivity index (χ4v) is 2.81. The van der Waals surface area contributed by atoms with Gasteiger partial charge >= 0.3 is 0 Å². The van der Waals surface area contributed by atoms with Crippen LogP contribution in [0.2, 0.25) is 0 Å². The van der Waals surface area contributed by atoms with E-state index in [1.54, 1.807) is 0 Å². The van der Waals surface area contributed by atoms with Gasteiger partial charge in [-0.2, -0.15) is 0 Å². The number of rotatable bonds is 5. The van der Waals surface area contributed by atoms with Gasteiger partial charge in [-0.15, -0.1) is 0 Å². The second-order valence-corrected chi connectivity index (χ2v) is 6.39. The number of nitrogens with two attached hydrogens (primary N) is 1. The molecule has 2 N–H and O–H groups in total. The van der Waals surface area contributed by atoms with E-state index in [-0.39, 0.29) is 0 Å². The highest BCUT2D eigenvalue weighted by Gasteiger charge is 2.19. The van der Waals surface area contributed by atoms with Crippen LogP contribution in [-0.2, 0) is 6.54 Å². The first-order valence-corrected chi connectivity index (χ1v) is 7.86. The van der Waals surface area contributed by atoms with Crippen LogP contribution in [0.3, 0.4) is 0 Å². The van der Waals surface area contributed by atoms with Crippen LogP contribution in [0, 0.1) is 0 Å². The highest BCUT2D eigenvalue weighted by Crippen LogP contribution is 2.22. The third kappa shape index (κ3) is 4.15. The Kier molecular flexibility index (Phi) is 5.77. The van der Waals surface area contributed by atoms with Gasteiger partial charge in [0.25, 0.3) is 0 Å². The average Bonchev–Trinajstić information content (AvgIpc) is 2.45. The molecule has 112 valence electrons. The Bertz CT molecular complexity index is 430. The van der Waals surface area contributed by atoms with E-state index in [4.69, 9.17) is 5.73 Å². The van der Waals surface area contributed by atoms with Crippen LogP contribution < -0.4 is 10.6 Å². The van der Waals surface area contributed by atoms with Gasteiger partial charge in [-0.25, -0.2) is 4.98 Å². The summed E-state index contributed by atoms with van der Waals surface area (Å²) in [5.41, 5.74) is 6.94. The first-order chi connectivity index (χ1) is 9.60. The molecule has 1 aliphatic heterocycles. The average molecular weight is 342 g/mol. The largest absolute Gasteiger partial charge is 0.354 e. The molecule has 0 saturated carbocycles.